The van der Waals surface area contributed by atoms with Gasteiger partial charge < -0.3 is 20.9 Å². The number of aromatic carboxylic acids is 1. The Morgan fingerprint density at radius 1 is 1.00 bits per heavy atom. The van der Waals surface area contributed by atoms with Crippen molar-refractivity contribution in [3.63, 3.8) is 0 Å². The second-order valence-corrected chi connectivity index (χ2v) is 7.26. The highest BCUT2D eigenvalue weighted by molar-refractivity contribution is 5.94. The van der Waals surface area contributed by atoms with E-state index in [4.69, 9.17) is 15.6 Å². The molecule has 0 saturated heterocycles. The van der Waals surface area contributed by atoms with Crippen LogP contribution < -0.4 is 11.1 Å². The molecule has 0 spiro atoms. The van der Waals surface area contributed by atoms with Gasteiger partial charge in [0.05, 0.1) is 5.56 Å². The molecule has 0 unspecified atom stereocenters. The quantitative estimate of drug-likeness (QED) is 0.515. The number of anilines is 1. The van der Waals surface area contributed by atoms with Crippen molar-refractivity contribution in [2.75, 3.05) is 18.9 Å². The van der Waals surface area contributed by atoms with Crippen molar-refractivity contribution in [1.29, 1.82) is 0 Å². The lowest BCUT2D eigenvalue weighted by atomic mass is 9.98. The van der Waals surface area contributed by atoms with Crippen LogP contribution in [0.5, 0.6) is 0 Å². The standard InChI is InChI=1S/C25H22N2O4/c26-23-14-16(11-12-21(23)24(28)29)6-5-13-27-25(30)31-15-22-19-9-3-1-7-17(19)18-8-2-4-10-20(18)22/h1-12,14,22H,13,15,26H2,(H,27,30)(H,28,29). The average molecular weight is 414 g/mol. The summed E-state index contributed by atoms with van der Waals surface area (Å²) in [5.41, 5.74) is 11.4. The molecule has 0 heterocycles. The molecular formula is C25H22N2O4. The molecule has 4 rings (SSSR count). The average Bonchev–Trinajstić information content (AvgIpc) is 3.09. The Hall–Kier alpha value is -4.06. The van der Waals surface area contributed by atoms with Crippen LogP contribution in [-0.4, -0.2) is 30.3 Å². The van der Waals surface area contributed by atoms with Gasteiger partial charge in [-0.25, -0.2) is 9.59 Å². The van der Waals surface area contributed by atoms with Gasteiger partial charge in [0.1, 0.15) is 6.61 Å². The van der Waals surface area contributed by atoms with Gasteiger partial charge in [-0.05, 0) is 39.9 Å². The normalized spacial score (nSPS) is 12.4. The van der Waals surface area contributed by atoms with E-state index in [1.54, 1.807) is 24.3 Å². The lowest BCUT2D eigenvalue weighted by molar-refractivity contribution is 0.0698. The van der Waals surface area contributed by atoms with E-state index in [1.807, 2.05) is 24.3 Å². The van der Waals surface area contributed by atoms with Gasteiger partial charge in [-0.2, -0.15) is 0 Å². The molecule has 3 aromatic carbocycles. The number of nitrogens with one attached hydrogen (secondary N) is 1. The van der Waals surface area contributed by atoms with Crippen molar-refractivity contribution in [2.45, 2.75) is 5.92 Å². The third-order valence-electron chi connectivity index (χ3n) is 5.32. The first kappa shape index (κ1) is 20.2. The summed E-state index contributed by atoms with van der Waals surface area (Å²) in [5.74, 6) is -1.05. The van der Waals surface area contributed by atoms with Gasteiger partial charge in [-0.1, -0.05) is 66.7 Å². The fourth-order valence-corrected chi connectivity index (χ4v) is 3.87. The zero-order valence-electron chi connectivity index (χ0n) is 16.7. The molecule has 1 aliphatic carbocycles. The van der Waals surface area contributed by atoms with Gasteiger partial charge in [-0.15, -0.1) is 0 Å². The second-order valence-electron chi connectivity index (χ2n) is 7.26. The third-order valence-corrected chi connectivity index (χ3v) is 5.32. The monoisotopic (exact) mass is 414 g/mol. The van der Waals surface area contributed by atoms with E-state index < -0.39 is 12.1 Å². The molecule has 0 bridgehead atoms. The van der Waals surface area contributed by atoms with E-state index in [9.17, 15) is 9.59 Å². The highest BCUT2D eigenvalue weighted by Gasteiger charge is 2.28. The van der Waals surface area contributed by atoms with Crippen LogP contribution in [0.4, 0.5) is 10.5 Å². The number of nitrogen functional groups attached to an aromatic ring is 1. The summed E-state index contributed by atoms with van der Waals surface area (Å²) >= 11 is 0. The van der Waals surface area contributed by atoms with Crippen molar-refractivity contribution in [1.82, 2.24) is 5.32 Å². The van der Waals surface area contributed by atoms with Crippen LogP contribution in [0.15, 0.2) is 72.8 Å². The van der Waals surface area contributed by atoms with Crippen LogP contribution in [0.25, 0.3) is 17.2 Å². The number of hydrogen-bond donors (Lipinski definition) is 3. The van der Waals surface area contributed by atoms with Crippen molar-refractivity contribution in [3.05, 3.63) is 95.1 Å². The van der Waals surface area contributed by atoms with Crippen LogP contribution in [-0.2, 0) is 4.74 Å². The van der Waals surface area contributed by atoms with E-state index in [-0.39, 0.29) is 30.3 Å². The lowest BCUT2D eigenvalue weighted by Gasteiger charge is -2.14. The highest BCUT2D eigenvalue weighted by atomic mass is 16.5. The van der Waals surface area contributed by atoms with Gasteiger partial charge in [0.25, 0.3) is 0 Å². The number of carbonyl (C=O) groups excluding carboxylic acids is 1. The summed E-state index contributed by atoms with van der Waals surface area (Å²) in [5, 5.41) is 11.7. The third kappa shape index (κ3) is 4.28. The van der Waals surface area contributed by atoms with Gasteiger partial charge in [-0.3, -0.25) is 0 Å². The molecule has 1 aliphatic rings. The first-order valence-corrected chi connectivity index (χ1v) is 9.93. The predicted octanol–water partition coefficient (Wildman–Crippen LogP) is 4.52. The molecule has 0 fully saturated rings. The first-order valence-electron chi connectivity index (χ1n) is 9.93. The summed E-state index contributed by atoms with van der Waals surface area (Å²) in [6.07, 6.45) is 3.01. The second kappa shape index (κ2) is 8.75. The maximum absolute atomic E-state index is 12.2. The summed E-state index contributed by atoms with van der Waals surface area (Å²) in [4.78, 5) is 23.2. The SMILES string of the molecule is Nc1cc(C=CCNC(=O)OCC2c3ccccc3-c3ccccc32)ccc1C(=O)O. The number of hydrogen-bond acceptors (Lipinski definition) is 4. The largest absolute Gasteiger partial charge is 0.478 e. The van der Waals surface area contributed by atoms with Crippen molar-refractivity contribution in [2.24, 2.45) is 0 Å². The van der Waals surface area contributed by atoms with Crippen LogP contribution in [0.2, 0.25) is 0 Å². The van der Waals surface area contributed by atoms with Crippen LogP contribution >= 0.6 is 0 Å². The van der Waals surface area contributed by atoms with Crippen LogP contribution in [0, 0.1) is 0 Å². The number of ether oxygens (including phenoxy) is 1. The molecule has 31 heavy (non-hydrogen) atoms. The summed E-state index contributed by atoms with van der Waals surface area (Å²) in [6.45, 7) is 0.536. The topological polar surface area (TPSA) is 102 Å². The lowest BCUT2D eigenvalue weighted by Crippen LogP contribution is -2.26. The highest BCUT2D eigenvalue weighted by Crippen LogP contribution is 2.44. The number of carboxylic acid groups (broad SMARTS) is 1. The van der Waals surface area contributed by atoms with E-state index in [1.165, 1.54) is 28.3 Å². The minimum absolute atomic E-state index is 0.0180. The Bertz CT molecular complexity index is 1120. The number of nitrogens with two attached hydrogens (primary N) is 1. The van der Waals surface area contributed by atoms with Crippen LogP contribution in [0.1, 0.15) is 33.0 Å². The summed E-state index contributed by atoms with van der Waals surface area (Å²) in [7, 11) is 0. The molecule has 4 N–H and O–H groups in total. The summed E-state index contributed by atoms with van der Waals surface area (Å²) in [6, 6.07) is 21.0. The molecule has 0 aliphatic heterocycles. The molecule has 6 nitrogen and oxygen atoms in total. The molecule has 1 amide bonds. The minimum atomic E-state index is -1.06. The molecule has 0 radical (unpaired) electrons. The number of benzene rings is 3. The molecule has 0 atom stereocenters. The van der Waals surface area contributed by atoms with Crippen LogP contribution in [0.3, 0.4) is 0 Å². The maximum Gasteiger partial charge on any atom is 0.407 e. The fourth-order valence-electron chi connectivity index (χ4n) is 3.87. The Morgan fingerprint density at radius 2 is 1.65 bits per heavy atom. The number of carboxylic acids is 1. The Kier molecular flexibility index (Phi) is 5.71. The number of rotatable bonds is 6. The predicted molar refractivity (Wildman–Crippen MR) is 120 cm³/mol. The Labute approximate surface area is 180 Å². The van der Waals surface area contributed by atoms with Gasteiger partial charge in [0.2, 0.25) is 0 Å². The number of amides is 1. The van der Waals surface area contributed by atoms with Gasteiger partial charge in [0, 0.05) is 18.2 Å². The van der Waals surface area contributed by atoms with Crippen molar-refractivity contribution < 1.29 is 19.4 Å². The Morgan fingerprint density at radius 3 is 2.26 bits per heavy atom. The zero-order chi connectivity index (χ0) is 21.8. The number of fused-ring (bicyclic) bond motifs is 3. The van der Waals surface area contributed by atoms with E-state index >= 15 is 0 Å². The van der Waals surface area contributed by atoms with Crippen molar-refractivity contribution >= 4 is 23.8 Å². The molecule has 3 aromatic rings. The molecule has 0 aromatic heterocycles. The van der Waals surface area contributed by atoms with Gasteiger partial charge >= 0.3 is 12.1 Å². The minimum Gasteiger partial charge on any atom is -0.478 e. The van der Waals surface area contributed by atoms with E-state index in [0.717, 1.165) is 5.56 Å². The number of carbonyl (C=O) groups is 2. The summed E-state index contributed by atoms with van der Waals surface area (Å²) < 4.78 is 5.48. The smallest absolute Gasteiger partial charge is 0.407 e. The zero-order valence-corrected chi connectivity index (χ0v) is 16.7. The molecule has 0 saturated carbocycles. The fraction of sp³-hybridized carbons (Fsp3) is 0.120. The maximum atomic E-state index is 12.2. The molecule has 156 valence electrons. The first-order chi connectivity index (χ1) is 15.0. The van der Waals surface area contributed by atoms with Crippen molar-refractivity contribution in [3.8, 4) is 11.1 Å². The molecular weight excluding hydrogens is 392 g/mol. The Balaban J connectivity index is 1.32. The van der Waals surface area contributed by atoms with Gasteiger partial charge in [0.15, 0.2) is 0 Å². The van der Waals surface area contributed by atoms with E-state index in [0.29, 0.717) is 0 Å². The number of alkyl carbamates (subject to hydrolysis) is 1. The van der Waals surface area contributed by atoms with E-state index in [2.05, 4.69) is 29.6 Å². The molecule has 6 heteroatoms.